The first-order chi connectivity index (χ1) is 8.11. The first-order valence-corrected chi connectivity index (χ1v) is 6.40. The molecule has 3 nitrogen and oxygen atoms in total. The summed E-state index contributed by atoms with van der Waals surface area (Å²) >= 11 is 7.28. The van der Waals surface area contributed by atoms with Gasteiger partial charge >= 0.3 is 0 Å². The molecular formula is C11H11ClFN3S. The molecule has 0 aliphatic heterocycles. The molecule has 17 heavy (non-hydrogen) atoms. The van der Waals surface area contributed by atoms with Crippen LogP contribution in [-0.4, -0.2) is 16.5 Å². The maximum atomic E-state index is 13.7. The quantitative estimate of drug-likeness (QED) is 0.924. The number of nitrogens with one attached hydrogen (secondary N) is 1. The van der Waals surface area contributed by atoms with Crippen molar-refractivity contribution in [2.45, 2.75) is 13.8 Å². The Hall–Kier alpha value is -1.20. The van der Waals surface area contributed by atoms with Gasteiger partial charge in [0.15, 0.2) is 17.5 Å². The second kappa shape index (κ2) is 4.98. The van der Waals surface area contributed by atoms with Gasteiger partial charge in [0.05, 0.1) is 15.6 Å². The topological polar surface area (TPSA) is 37.8 Å². The number of anilines is 1. The highest BCUT2D eigenvalue weighted by atomic mass is 35.5. The SMILES string of the molecule is CCNc1nc(-c2cc(Cl)cs2)nc(C)c1F. The Kier molecular flexibility index (Phi) is 3.59. The van der Waals surface area contributed by atoms with Crippen molar-refractivity contribution in [3.63, 3.8) is 0 Å². The Morgan fingerprint density at radius 2 is 2.24 bits per heavy atom. The van der Waals surface area contributed by atoms with Gasteiger partial charge in [0.2, 0.25) is 0 Å². The Morgan fingerprint density at radius 3 is 2.82 bits per heavy atom. The molecule has 1 N–H and O–H groups in total. The van der Waals surface area contributed by atoms with Gasteiger partial charge in [0.1, 0.15) is 0 Å². The average Bonchev–Trinajstić information content (AvgIpc) is 2.71. The minimum Gasteiger partial charge on any atom is -0.368 e. The van der Waals surface area contributed by atoms with Crippen LogP contribution in [0.5, 0.6) is 0 Å². The van der Waals surface area contributed by atoms with Gasteiger partial charge in [-0.2, -0.15) is 0 Å². The normalized spacial score (nSPS) is 10.6. The molecule has 0 radical (unpaired) electrons. The predicted octanol–water partition coefficient (Wildman–Crippen LogP) is 3.74. The molecule has 6 heteroatoms. The molecule has 0 aromatic carbocycles. The van der Waals surface area contributed by atoms with Gasteiger partial charge in [-0.25, -0.2) is 14.4 Å². The van der Waals surface area contributed by atoms with Gasteiger partial charge in [0, 0.05) is 11.9 Å². The van der Waals surface area contributed by atoms with Gasteiger partial charge in [-0.1, -0.05) is 11.6 Å². The van der Waals surface area contributed by atoms with Crippen molar-refractivity contribution in [3.05, 3.63) is 28.0 Å². The second-order valence-electron chi connectivity index (χ2n) is 3.45. The third-order valence-electron chi connectivity index (χ3n) is 2.15. The number of hydrogen-bond donors (Lipinski definition) is 1. The lowest BCUT2D eigenvalue weighted by molar-refractivity contribution is 0.606. The third-order valence-corrected chi connectivity index (χ3v) is 3.42. The van der Waals surface area contributed by atoms with Gasteiger partial charge in [-0.3, -0.25) is 0 Å². The van der Waals surface area contributed by atoms with Crippen molar-refractivity contribution >= 4 is 28.8 Å². The van der Waals surface area contributed by atoms with E-state index in [0.717, 1.165) is 4.88 Å². The van der Waals surface area contributed by atoms with Crippen LogP contribution in [0.2, 0.25) is 5.02 Å². The van der Waals surface area contributed by atoms with E-state index in [1.54, 1.807) is 18.4 Å². The van der Waals surface area contributed by atoms with E-state index in [1.165, 1.54) is 11.3 Å². The fraction of sp³-hybridized carbons (Fsp3) is 0.273. The summed E-state index contributed by atoms with van der Waals surface area (Å²) in [4.78, 5) is 9.12. The number of rotatable bonds is 3. The van der Waals surface area contributed by atoms with E-state index in [-0.39, 0.29) is 5.82 Å². The maximum Gasteiger partial charge on any atom is 0.186 e. The Balaban J connectivity index is 2.48. The molecule has 0 aliphatic rings. The Morgan fingerprint density at radius 1 is 1.47 bits per heavy atom. The summed E-state index contributed by atoms with van der Waals surface area (Å²) in [5.41, 5.74) is 0.329. The molecule has 2 rings (SSSR count). The van der Waals surface area contributed by atoms with Gasteiger partial charge in [-0.15, -0.1) is 11.3 Å². The zero-order valence-electron chi connectivity index (χ0n) is 9.42. The standard InChI is InChI=1S/C11H11ClFN3S/c1-3-14-11-9(13)6(2)15-10(16-11)8-4-7(12)5-17-8/h4-5H,3H2,1-2H3,(H,14,15,16). The molecule has 0 bridgehead atoms. The number of aromatic nitrogens is 2. The van der Waals surface area contributed by atoms with Gasteiger partial charge in [-0.05, 0) is 19.9 Å². The monoisotopic (exact) mass is 271 g/mol. The summed E-state index contributed by atoms with van der Waals surface area (Å²) in [5.74, 6) is 0.328. The first kappa shape index (κ1) is 12.3. The van der Waals surface area contributed by atoms with Crippen LogP contribution in [0.15, 0.2) is 11.4 Å². The molecule has 0 aliphatic carbocycles. The number of thiophene rings is 1. The molecule has 0 spiro atoms. The smallest absolute Gasteiger partial charge is 0.186 e. The van der Waals surface area contributed by atoms with Crippen molar-refractivity contribution in [2.24, 2.45) is 0 Å². The van der Waals surface area contributed by atoms with Crippen molar-refractivity contribution in [3.8, 4) is 10.7 Å². The average molecular weight is 272 g/mol. The van der Waals surface area contributed by atoms with E-state index in [0.29, 0.717) is 23.1 Å². The Labute approximate surface area is 108 Å². The molecule has 0 fully saturated rings. The second-order valence-corrected chi connectivity index (χ2v) is 4.80. The molecule has 2 heterocycles. The van der Waals surface area contributed by atoms with E-state index in [1.807, 2.05) is 6.92 Å². The van der Waals surface area contributed by atoms with Crippen LogP contribution in [0.4, 0.5) is 10.2 Å². The van der Waals surface area contributed by atoms with Crippen LogP contribution in [0.1, 0.15) is 12.6 Å². The lowest BCUT2D eigenvalue weighted by Gasteiger charge is -2.07. The van der Waals surface area contributed by atoms with Crippen LogP contribution < -0.4 is 5.32 Å². The van der Waals surface area contributed by atoms with Crippen LogP contribution >= 0.6 is 22.9 Å². The van der Waals surface area contributed by atoms with Crippen molar-refractivity contribution in [2.75, 3.05) is 11.9 Å². The lowest BCUT2D eigenvalue weighted by atomic mass is 10.3. The number of nitrogens with zero attached hydrogens (tertiary/aromatic N) is 2. The van der Waals surface area contributed by atoms with Crippen molar-refractivity contribution < 1.29 is 4.39 Å². The summed E-state index contributed by atoms with van der Waals surface area (Å²) in [7, 11) is 0. The van der Waals surface area contributed by atoms with Crippen LogP contribution in [0, 0.1) is 12.7 Å². The highest BCUT2D eigenvalue weighted by molar-refractivity contribution is 7.14. The molecule has 90 valence electrons. The van der Waals surface area contributed by atoms with Crippen molar-refractivity contribution in [1.82, 2.24) is 9.97 Å². The van der Waals surface area contributed by atoms with E-state index in [4.69, 9.17) is 11.6 Å². The summed E-state index contributed by atoms with van der Waals surface area (Å²) in [6.07, 6.45) is 0. The number of aryl methyl sites for hydroxylation is 1. The van der Waals surface area contributed by atoms with E-state index in [9.17, 15) is 4.39 Å². The molecule has 2 aromatic rings. The van der Waals surface area contributed by atoms with E-state index >= 15 is 0 Å². The zero-order chi connectivity index (χ0) is 12.4. The zero-order valence-corrected chi connectivity index (χ0v) is 11.0. The Bertz CT molecular complexity index is 542. The lowest BCUT2D eigenvalue weighted by Crippen LogP contribution is -2.06. The predicted molar refractivity (Wildman–Crippen MR) is 69.2 cm³/mol. The fourth-order valence-electron chi connectivity index (χ4n) is 1.38. The highest BCUT2D eigenvalue weighted by Crippen LogP contribution is 2.28. The molecule has 0 unspecified atom stereocenters. The third kappa shape index (κ3) is 2.56. The van der Waals surface area contributed by atoms with E-state index < -0.39 is 5.82 Å². The van der Waals surface area contributed by atoms with Crippen LogP contribution in [0.25, 0.3) is 10.7 Å². The minimum absolute atomic E-state index is 0.236. The van der Waals surface area contributed by atoms with Crippen LogP contribution in [0.3, 0.4) is 0 Å². The largest absolute Gasteiger partial charge is 0.368 e. The molecule has 0 amide bonds. The molecule has 0 saturated carbocycles. The fourth-order valence-corrected chi connectivity index (χ4v) is 2.39. The van der Waals surface area contributed by atoms with Gasteiger partial charge < -0.3 is 5.32 Å². The molecule has 2 aromatic heterocycles. The number of halogens is 2. The highest BCUT2D eigenvalue weighted by Gasteiger charge is 2.13. The first-order valence-electron chi connectivity index (χ1n) is 5.14. The van der Waals surface area contributed by atoms with Gasteiger partial charge in [0.25, 0.3) is 0 Å². The molecular weight excluding hydrogens is 261 g/mol. The van der Waals surface area contributed by atoms with Crippen molar-refractivity contribution in [1.29, 1.82) is 0 Å². The molecule has 0 saturated heterocycles. The maximum absolute atomic E-state index is 13.7. The summed E-state index contributed by atoms with van der Waals surface area (Å²) in [6, 6.07) is 1.77. The molecule has 0 atom stereocenters. The minimum atomic E-state index is -0.404. The summed E-state index contributed by atoms with van der Waals surface area (Å²) in [5, 5.41) is 5.32. The van der Waals surface area contributed by atoms with Crippen LogP contribution in [-0.2, 0) is 0 Å². The number of hydrogen-bond acceptors (Lipinski definition) is 4. The summed E-state index contributed by atoms with van der Waals surface area (Å²) in [6.45, 7) is 4.12. The van der Waals surface area contributed by atoms with E-state index in [2.05, 4.69) is 15.3 Å². The summed E-state index contributed by atoms with van der Waals surface area (Å²) < 4.78 is 13.7.